The van der Waals surface area contributed by atoms with E-state index in [1.165, 1.54) is 0 Å². The van der Waals surface area contributed by atoms with Gasteiger partial charge in [0, 0.05) is 24.2 Å². The van der Waals surface area contributed by atoms with Crippen molar-refractivity contribution in [1.29, 1.82) is 5.26 Å². The molecule has 4 aromatic rings. The van der Waals surface area contributed by atoms with Crippen LogP contribution in [-0.2, 0) is 6.54 Å². The van der Waals surface area contributed by atoms with Crippen molar-refractivity contribution in [3.05, 3.63) is 65.6 Å². The fourth-order valence-electron chi connectivity index (χ4n) is 4.72. The summed E-state index contributed by atoms with van der Waals surface area (Å²) in [6.07, 6.45) is 3.16. The van der Waals surface area contributed by atoms with Crippen LogP contribution in [0.3, 0.4) is 0 Å². The van der Waals surface area contributed by atoms with E-state index >= 15 is 0 Å². The van der Waals surface area contributed by atoms with Crippen molar-refractivity contribution in [2.75, 3.05) is 26.7 Å². The first-order valence-electron chi connectivity index (χ1n) is 11.6. The second-order valence-electron chi connectivity index (χ2n) is 8.75. The quantitative estimate of drug-likeness (QED) is 0.391. The summed E-state index contributed by atoms with van der Waals surface area (Å²) in [6, 6.07) is 15.8. The zero-order valence-electron chi connectivity index (χ0n) is 19.2. The SMILES string of the molecule is COc1ccc2nccc([C@@H](O)CN3CCC(NCc4nc5c(C#N)cccc5[nH]4)CC3)c2c1. The third-order valence-corrected chi connectivity index (χ3v) is 6.60. The summed E-state index contributed by atoms with van der Waals surface area (Å²) in [5, 5.41) is 24.8. The summed E-state index contributed by atoms with van der Waals surface area (Å²) in [4.78, 5) is 14.6. The van der Waals surface area contributed by atoms with E-state index in [1.54, 1.807) is 19.4 Å². The Hall–Kier alpha value is -3.51. The van der Waals surface area contributed by atoms with Gasteiger partial charge in [0.25, 0.3) is 0 Å². The molecule has 0 saturated carbocycles. The molecule has 5 rings (SSSR count). The number of aromatic amines is 1. The molecule has 1 aliphatic rings. The Morgan fingerprint density at radius 2 is 2.12 bits per heavy atom. The molecular weight excluding hydrogens is 428 g/mol. The number of aliphatic hydroxyl groups excluding tert-OH is 1. The highest BCUT2D eigenvalue weighted by Gasteiger charge is 2.22. The van der Waals surface area contributed by atoms with Crippen molar-refractivity contribution in [1.82, 2.24) is 25.2 Å². The predicted octanol–water partition coefficient (Wildman–Crippen LogP) is 3.28. The predicted molar refractivity (Wildman–Crippen MR) is 130 cm³/mol. The number of rotatable bonds is 7. The van der Waals surface area contributed by atoms with Crippen LogP contribution >= 0.6 is 0 Å². The van der Waals surface area contributed by atoms with Crippen molar-refractivity contribution >= 4 is 21.9 Å². The Bertz CT molecular complexity index is 1340. The van der Waals surface area contributed by atoms with Gasteiger partial charge in [0.05, 0.1) is 36.4 Å². The van der Waals surface area contributed by atoms with Gasteiger partial charge in [0.1, 0.15) is 23.2 Å². The number of nitrogens with one attached hydrogen (secondary N) is 2. The minimum absolute atomic E-state index is 0.392. The number of aliphatic hydroxyl groups is 1. The van der Waals surface area contributed by atoms with Crippen LogP contribution in [0.5, 0.6) is 5.75 Å². The molecule has 0 spiro atoms. The van der Waals surface area contributed by atoms with Gasteiger partial charge in [-0.15, -0.1) is 0 Å². The number of likely N-dealkylation sites (tertiary alicyclic amines) is 1. The van der Waals surface area contributed by atoms with Crippen LogP contribution in [0, 0.1) is 11.3 Å². The van der Waals surface area contributed by atoms with Gasteiger partial charge >= 0.3 is 0 Å². The Balaban J connectivity index is 1.16. The normalized spacial score (nSPS) is 16.0. The lowest BCUT2D eigenvalue weighted by molar-refractivity contribution is 0.0948. The fourth-order valence-corrected chi connectivity index (χ4v) is 4.72. The maximum Gasteiger partial charge on any atom is 0.121 e. The van der Waals surface area contributed by atoms with E-state index in [0.29, 0.717) is 24.7 Å². The molecule has 1 saturated heterocycles. The highest BCUT2D eigenvalue weighted by molar-refractivity contribution is 5.84. The minimum atomic E-state index is -0.591. The number of fused-ring (bicyclic) bond motifs is 2. The zero-order chi connectivity index (χ0) is 23.5. The number of para-hydroxylation sites is 1. The molecule has 0 aliphatic carbocycles. The fraction of sp³-hybridized carbons (Fsp3) is 0.346. The highest BCUT2D eigenvalue weighted by atomic mass is 16.5. The molecule has 0 amide bonds. The molecule has 1 atom stereocenters. The maximum atomic E-state index is 11.0. The van der Waals surface area contributed by atoms with Crippen LogP contribution in [0.15, 0.2) is 48.7 Å². The van der Waals surface area contributed by atoms with Gasteiger partial charge in [-0.05, 0) is 67.9 Å². The van der Waals surface area contributed by atoms with E-state index in [9.17, 15) is 10.4 Å². The second-order valence-corrected chi connectivity index (χ2v) is 8.75. The maximum absolute atomic E-state index is 11.0. The second kappa shape index (κ2) is 9.77. The molecule has 2 aromatic heterocycles. The van der Waals surface area contributed by atoms with Crippen molar-refractivity contribution in [2.24, 2.45) is 0 Å². The topological polar surface area (TPSA) is 110 Å². The summed E-state index contributed by atoms with van der Waals surface area (Å²) in [6.45, 7) is 3.06. The minimum Gasteiger partial charge on any atom is -0.497 e. The van der Waals surface area contributed by atoms with Crippen LogP contribution in [0.25, 0.3) is 21.9 Å². The van der Waals surface area contributed by atoms with Gasteiger partial charge in [0.2, 0.25) is 0 Å². The monoisotopic (exact) mass is 456 g/mol. The molecule has 1 aliphatic heterocycles. The number of β-amino-alcohol motifs (C(OH)–C–C–N with tert-alkyl or cyclic N) is 1. The van der Waals surface area contributed by atoms with Crippen LogP contribution in [0.4, 0.5) is 0 Å². The molecule has 2 aromatic carbocycles. The molecule has 8 heteroatoms. The number of piperidine rings is 1. The van der Waals surface area contributed by atoms with Crippen LogP contribution in [-0.4, -0.2) is 57.7 Å². The first-order valence-corrected chi connectivity index (χ1v) is 11.6. The van der Waals surface area contributed by atoms with E-state index in [-0.39, 0.29) is 0 Å². The number of H-pyrrole nitrogens is 1. The van der Waals surface area contributed by atoms with Crippen LogP contribution in [0.2, 0.25) is 0 Å². The van der Waals surface area contributed by atoms with Crippen molar-refractivity contribution < 1.29 is 9.84 Å². The average Bonchev–Trinajstić information content (AvgIpc) is 3.31. The van der Waals surface area contributed by atoms with E-state index in [0.717, 1.165) is 65.0 Å². The summed E-state index contributed by atoms with van der Waals surface area (Å²) in [5.74, 6) is 1.60. The largest absolute Gasteiger partial charge is 0.497 e. The number of hydrogen-bond donors (Lipinski definition) is 3. The molecule has 8 nitrogen and oxygen atoms in total. The highest BCUT2D eigenvalue weighted by Crippen LogP contribution is 2.28. The molecule has 3 heterocycles. The number of nitrogens with zero attached hydrogens (tertiary/aromatic N) is 4. The number of aromatic nitrogens is 3. The van der Waals surface area contributed by atoms with Crippen molar-refractivity contribution in [2.45, 2.75) is 31.5 Å². The van der Waals surface area contributed by atoms with E-state index in [4.69, 9.17) is 4.74 Å². The lowest BCUT2D eigenvalue weighted by Crippen LogP contribution is -2.43. The van der Waals surface area contributed by atoms with Gasteiger partial charge in [-0.25, -0.2) is 4.98 Å². The van der Waals surface area contributed by atoms with E-state index in [1.807, 2.05) is 36.4 Å². The van der Waals surface area contributed by atoms with Gasteiger partial charge in [-0.3, -0.25) is 4.98 Å². The molecule has 0 bridgehead atoms. The van der Waals surface area contributed by atoms with Crippen LogP contribution < -0.4 is 10.1 Å². The molecule has 0 unspecified atom stereocenters. The Kier molecular flexibility index (Phi) is 6.41. The number of benzene rings is 2. The lowest BCUT2D eigenvalue weighted by Gasteiger charge is -2.33. The summed E-state index contributed by atoms with van der Waals surface area (Å²) in [5.41, 5.74) is 3.94. The Morgan fingerprint density at radius 3 is 2.91 bits per heavy atom. The third-order valence-electron chi connectivity index (χ3n) is 6.60. The number of nitriles is 1. The van der Waals surface area contributed by atoms with Crippen molar-refractivity contribution in [3.63, 3.8) is 0 Å². The number of hydrogen-bond acceptors (Lipinski definition) is 7. The smallest absolute Gasteiger partial charge is 0.121 e. The van der Waals surface area contributed by atoms with E-state index < -0.39 is 6.10 Å². The Labute approximate surface area is 198 Å². The molecule has 34 heavy (non-hydrogen) atoms. The Morgan fingerprint density at radius 1 is 1.26 bits per heavy atom. The molecule has 0 radical (unpaired) electrons. The molecule has 174 valence electrons. The molecular formula is C26H28N6O2. The lowest BCUT2D eigenvalue weighted by atomic mass is 10.0. The standard InChI is InChI=1S/C26H28N6O2/c1-34-19-5-6-22-21(13-19)20(7-10-28-22)24(33)16-32-11-8-18(9-12-32)29-15-25-30-23-4-2-3-17(14-27)26(23)31-25/h2-7,10,13,18,24,29,33H,8-9,11-12,15-16H2,1H3,(H,30,31)/t24-/m0/s1. The number of ether oxygens (including phenoxy) is 1. The summed E-state index contributed by atoms with van der Waals surface area (Å²) < 4.78 is 5.35. The van der Waals surface area contributed by atoms with Gasteiger partial charge < -0.3 is 25.0 Å². The van der Waals surface area contributed by atoms with Gasteiger partial charge in [-0.1, -0.05) is 6.07 Å². The summed E-state index contributed by atoms with van der Waals surface area (Å²) >= 11 is 0. The van der Waals surface area contributed by atoms with Crippen LogP contribution in [0.1, 0.15) is 35.9 Å². The third kappa shape index (κ3) is 4.59. The van der Waals surface area contributed by atoms with Gasteiger partial charge in [-0.2, -0.15) is 5.26 Å². The summed E-state index contributed by atoms with van der Waals surface area (Å²) in [7, 11) is 1.64. The first kappa shape index (κ1) is 22.3. The first-order chi connectivity index (χ1) is 16.6. The number of methoxy groups -OCH3 is 1. The van der Waals surface area contributed by atoms with E-state index in [2.05, 4.69) is 31.2 Å². The van der Waals surface area contributed by atoms with Crippen molar-refractivity contribution in [3.8, 4) is 11.8 Å². The number of pyridine rings is 1. The average molecular weight is 457 g/mol. The zero-order valence-corrected chi connectivity index (χ0v) is 19.2. The molecule has 1 fully saturated rings. The number of imidazole rings is 1. The molecule has 3 N–H and O–H groups in total. The van der Waals surface area contributed by atoms with Gasteiger partial charge in [0.15, 0.2) is 0 Å².